The van der Waals surface area contributed by atoms with Crippen molar-refractivity contribution in [2.75, 3.05) is 13.1 Å². The molecular formula is C18H19NO4S. The molecule has 126 valence electrons. The van der Waals surface area contributed by atoms with Gasteiger partial charge in [0.05, 0.1) is 10.8 Å². The number of benzene rings is 2. The lowest BCUT2D eigenvalue weighted by atomic mass is 10.0. The molecule has 0 spiro atoms. The Morgan fingerprint density at radius 1 is 1.04 bits per heavy atom. The van der Waals surface area contributed by atoms with Crippen molar-refractivity contribution in [3.63, 3.8) is 0 Å². The minimum absolute atomic E-state index is 0.0286. The molecular weight excluding hydrogens is 326 g/mol. The number of carboxylic acids is 1. The zero-order chi connectivity index (χ0) is 17.2. The molecule has 1 aliphatic rings. The molecule has 1 aliphatic heterocycles. The van der Waals surface area contributed by atoms with E-state index in [0.717, 1.165) is 5.56 Å². The lowest BCUT2D eigenvalue weighted by molar-refractivity contribution is -0.142. The van der Waals surface area contributed by atoms with Gasteiger partial charge in [-0.2, -0.15) is 4.31 Å². The van der Waals surface area contributed by atoms with Gasteiger partial charge in [-0.3, -0.25) is 4.79 Å². The van der Waals surface area contributed by atoms with Crippen molar-refractivity contribution in [1.29, 1.82) is 0 Å². The first-order valence-electron chi connectivity index (χ1n) is 7.87. The van der Waals surface area contributed by atoms with Crippen molar-refractivity contribution in [3.8, 4) is 11.1 Å². The van der Waals surface area contributed by atoms with E-state index in [9.17, 15) is 18.3 Å². The smallest absolute Gasteiger partial charge is 0.307 e. The number of piperidine rings is 1. The van der Waals surface area contributed by atoms with Gasteiger partial charge in [-0.05, 0) is 24.5 Å². The Kier molecular flexibility index (Phi) is 4.69. The van der Waals surface area contributed by atoms with Crippen LogP contribution in [-0.4, -0.2) is 36.9 Å². The summed E-state index contributed by atoms with van der Waals surface area (Å²) in [5.41, 5.74) is 1.46. The molecule has 1 unspecified atom stereocenters. The Labute approximate surface area is 141 Å². The topological polar surface area (TPSA) is 74.7 Å². The Hall–Kier alpha value is -2.18. The zero-order valence-electron chi connectivity index (χ0n) is 13.1. The summed E-state index contributed by atoms with van der Waals surface area (Å²) in [7, 11) is -3.74. The van der Waals surface area contributed by atoms with Gasteiger partial charge in [-0.25, -0.2) is 8.42 Å². The standard InChI is InChI=1S/C18H19NO4S/c20-18(21)15-9-6-12-19(13-15)24(22,23)17-11-5-4-10-16(17)14-7-2-1-3-8-14/h1-5,7-8,10-11,15H,6,9,12-13H2,(H,20,21). The fraction of sp³-hybridized carbons (Fsp3) is 0.278. The van der Waals surface area contributed by atoms with E-state index in [1.165, 1.54) is 4.31 Å². The Balaban J connectivity index is 2.01. The molecule has 5 nitrogen and oxygen atoms in total. The maximum atomic E-state index is 13.1. The molecule has 0 saturated carbocycles. The van der Waals surface area contributed by atoms with Gasteiger partial charge in [0, 0.05) is 18.7 Å². The molecule has 1 atom stereocenters. The molecule has 2 aromatic carbocycles. The van der Waals surface area contributed by atoms with Crippen LogP contribution in [0, 0.1) is 5.92 Å². The average molecular weight is 345 g/mol. The first-order valence-corrected chi connectivity index (χ1v) is 9.31. The highest BCUT2D eigenvalue weighted by atomic mass is 32.2. The molecule has 0 bridgehead atoms. The largest absolute Gasteiger partial charge is 0.481 e. The number of aliphatic carboxylic acids is 1. The van der Waals surface area contributed by atoms with E-state index in [2.05, 4.69) is 0 Å². The molecule has 0 radical (unpaired) electrons. The SMILES string of the molecule is O=C(O)C1CCCN(S(=O)(=O)c2ccccc2-c2ccccc2)C1. The summed E-state index contributed by atoms with van der Waals surface area (Å²) in [6.45, 7) is 0.385. The number of carboxylic acid groups (broad SMARTS) is 1. The van der Waals surface area contributed by atoms with E-state index in [4.69, 9.17) is 0 Å². The van der Waals surface area contributed by atoms with E-state index < -0.39 is 21.9 Å². The van der Waals surface area contributed by atoms with Gasteiger partial charge in [0.15, 0.2) is 0 Å². The van der Waals surface area contributed by atoms with Crippen molar-refractivity contribution in [3.05, 3.63) is 54.6 Å². The van der Waals surface area contributed by atoms with Crippen LogP contribution < -0.4 is 0 Å². The molecule has 6 heteroatoms. The summed E-state index contributed by atoms with van der Waals surface area (Å²) in [5.74, 6) is -1.58. The second kappa shape index (κ2) is 6.75. The third-order valence-corrected chi connectivity index (χ3v) is 6.25. The fourth-order valence-electron chi connectivity index (χ4n) is 3.05. The van der Waals surface area contributed by atoms with Gasteiger partial charge in [0.25, 0.3) is 0 Å². The molecule has 1 fully saturated rings. The second-order valence-electron chi connectivity index (χ2n) is 5.90. The number of rotatable bonds is 4. The quantitative estimate of drug-likeness (QED) is 0.924. The van der Waals surface area contributed by atoms with Crippen molar-refractivity contribution >= 4 is 16.0 Å². The summed E-state index contributed by atoms with van der Waals surface area (Å²) in [4.78, 5) is 11.5. The van der Waals surface area contributed by atoms with Gasteiger partial charge in [0.1, 0.15) is 0 Å². The maximum Gasteiger partial charge on any atom is 0.307 e. The molecule has 1 N–H and O–H groups in total. The minimum Gasteiger partial charge on any atom is -0.481 e. The highest BCUT2D eigenvalue weighted by Crippen LogP contribution is 2.31. The van der Waals surface area contributed by atoms with E-state index >= 15 is 0 Å². The van der Waals surface area contributed by atoms with Crippen LogP contribution in [0.4, 0.5) is 0 Å². The molecule has 1 saturated heterocycles. The molecule has 24 heavy (non-hydrogen) atoms. The number of hydrogen-bond acceptors (Lipinski definition) is 3. The van der Waals surface area contributed by atoms with E-state index in [1.54, 1.807) is 24.3 Å². The highest BCUT2D eigenvalue weighted by Gasteiger charge is 2.34. The van der Waals surface area contributed by atoms with Crippen LogP contribution >= 0.6 is 0 Å². The van der Waals surface area contributed by atoms with Crippen LogP contribution in [0.3, 0.4) is 0 Å². The molecule has 2 aromatic rings. The van der Waals surface area contributed by atoms with Gasteiger partial charge in [0.2, 0.25) is 10.0 Å². The highest BCUT2D eigenvalue weighted by molar-refractivity contribution is 7.89. The van der Waals surface area contributed by atoms with Crippen LogP contribution in [0.25, 0.3) is 11.1 Å². The summed E-state index contributed by atoms with van der Waals surface area (Å²) in [6.07, 6.45) is 1.07. The van der Waals surface area contributed by atoms with Crippen LogP contribution in [0.15, 0.2) is 59.5 Å². The van der Waals surface area contributed by atoms with Crippen LogP contribution in [0.5, 0.6) is 0 Å². The van der Waals surface area contributed by atoms with Crippen LogP contribution in [0.1, 0.15) is 12.8 Å². The van der Waals surface area contributed by atoms with E-state index in [1.807, 2.05) is 30.3 Å². The summed E-state index contributed by atoms with van der Waals surface area (Å²) in [5, 5.41) is 9.20. The second-order valence-corrected chi connectivity index (χ2v) is 7.81. The molecule has 1 heterocycles. The molecule has 0 aromatic heterocycles. The normalized spacial score (nSPS) is 19.1. The van der Waals surface area contributed by atoms with Crippen LogP contribution in [-0.2, 0) is 14.8 Å². The van der Waals surface area contributed by atoms with Gasteiger partial charge >= 0.3 is 5.97 Å². The summed E-state index contributed by atoms with van der Waals surface area (Å²) in [6, 6.07) is 16.2. The third kappa shape index (κ3) is 3.20. The Bertz CT molecular complexity index is 833. The zero-order valence-corrected chi connectivity index (χ0v) is 13.9. The number of sulfonamides is 1. The summed E-state index contributed by atoms with van der Waals surface area (Å²) < 4.78 is 27.5. The monoisotopic (exact) mass is 345 g/mol. The Morgan fingerprint density at radius 3 is 2.42 bits per heavy atom. The molecule has 0 amide bonds. The van der Waals surface area contributed by atoms with Crippen molar-refractivity contribution < 1.29 is 18.3 Å². The fourth-order valence-corrected chi connectivity index (χ4v) is 4.79. The maximum absolute atomic E-state index is 13.1. The van der Waals surface area contributed by atoms with Crippen LogP contribution in [0.2, 0.25) is 0 Å². The first kappa shape index (κ1) is 16.7. The molecule has 3 rings (SSSR count). The van der Waals surface area contributed by atoms with Crippen molar-refractivity contribution in [1.82, 2.24) is 4.31 Å². The average Bonchev–Trinajstić information content (AvgIpc) is 2.62. The lowest BCUT2D eigenvalue weighted by Crippen LogP contribution is -2.42. The van der Waals surface area contributed by atoms with Crippen molar-refractivity contribution in [2.45, 2.75) is 17.7 Å². The van der Waals surface area contributed by atoms with E-state index in [-0.39, 0.29) is 11.4 Å². The first-order chi connectivity index (χ1) is 11.5. The van der Waals surface area contributed by atoms with Gasteiger partial charge in [-0.15, -0.1) is 0 Å². The van der Waals surface area contributed by atoms with Crippen molar-refractivity contribution in [2.24, 2.45) is 5.92 Å². The number of hydrogen-bond donors (Lipinski definition) is 1. The number of carbonyl (C=O) groups is 1. The number of nitrogens with zero attached hydrogens (tertiary/aromatic N) is 1. The lowest BCUT2D eigenvalue weighted by Gasteiger charge is -2.30. The Morgan fingerprint density at radius 2 is 1.71 bits per heavy atom. The van der Waals surface area contributed by atoms with E-state index in [0.29, 0.717) is 24.9 Å². The summed E-state index contributed by atoms with van der Waals surface area (Å²) >= 11 is 0. The molecule has 0 aliphatic carbocycles. The van der Waals surface area contributed by atoms with Gasteiger partial charge in [-0.1, -0.05) is 48.5 Å². The third-order valence-electron chi connectivity index (χ3n) is 4.32. The predicted molar refractivity (Wildman–Crippen MR) is 91.0 cm³/mol. The predicted octanol–water partition coefficient (Wildman–Crippen LogP) is 2.84. The minimum atomic E-state index is -3.74. The van der Waals surface area contributed by atoms with Gasteiger partial charge < -0.3 is 5.11 Å².